The van der Waals surface area contributed by atoms with Crippen molar-refractivity contribution in [1.82, 2.24) is 4.98 Å². The number of aromatic nitrogens is 1. The molecule has 2 heteroatoms. The fourth-order valence-corrected chi connectivity index (χ4v) is 5.99. The van der Waals surface area contributed by atoms with Crippen molar-refractivity contribution in [1.29, 1.82) is 0 Å². The lowest BCUT2D eigenvalue weighted by atomic mass is 9.90. The van der Waals surface area contributed by atoms with Crippen LogP contribution in [0, 0.1) is 6.92 Å². The van der Waals surface area contributed by atoms with Gasteiger partial charge in [0.2, 0.25) is 0 Å². The van der Waals surface area contributed by atoms with Gasteiger partial charge in [-0.15, -0.1) is 0 Å². The van der Waals surface area contributed by atoms with E-state index in [1.807, 2.05) is 12.1 Å². The SMILES string of the molecule is C=C(c1ccc2c(-c3cccc(C)c3)cc(-c3ccccc3)nc2c1/N=C(\C)c1ccccc1)c1cccc2ccccc12. The summed E-state index contributed by atoms with van der Waals surface area (Å²) in [5.74, 6) is 0. The number of hydrogen-bond acceptors (Lipinski definition) is 2. The summed E-state index contributed by atoms with van der Waals surface area (Å²) in [6, 6.07) is 50.8. The molecule has 2 nitrogen and oxygen atoms in total. The number of benzene rings is 6. The van der Waals surface area contributed by atoms with Gasteiger partial charge in [-0.05, 0) is 58.5 Å². The van der Waals surface area contributed by atoms with Crippen LogP contribution in [0.3, 0.4) is 0 Å². The van der Waals surface area contributed by atoms with Crippen molar-refractivity contribution in [2.75, 3.05) is 0 Å². The molecule has 7 rings (SSSR count). The summed E-state index contributed by atoms with van der Waals surface area (Å²) >= 11 is 0. The van der Waals surface area contributed by atoms with Crippen LogP contribution < -0.4 is 0 Å². The zero-order valence-electron chi connectivity index (χ0n) is 25.0. The van der Waals surface area contributed by atoms with Crippen LogP contribution >= 0.6 is 0 Å². The maximum Gasteiger partial charge on any atom is 0.0978 e. The van der Waals surface area contributed by atoms with E-state index in [0.717, 1.165) is 66.9 Å². The van der Waals surface area contributed by atoms with E-state index in [1.165, 1.54) is 16.3 Å². The largest absolute Gasteiger partial charge is 0.250 e. The molecule has 1 heterocycles. The van der Waals surface area contributed by atoms with Crippen LogP contribution in [-0.4, -0.2) is 10.7 Å². The second kappa shape index (κ2) is 11.6. The van der Waals surface area contributed by atoms with Gasteiger partial charge in [0.15, 0.2) is 0 Å². The molecular formula is C42H32N2. The molecule has 0 aliphatic heterocycles. The maximum atomic E-state index is 5.36. The highest BCUT2D eigenvalue weighted by molar-refractivity contribution is 6.10. The Labute approximate surface area is 258 Å². The van der Waals surface area contributed by atoms with Crippen molar-refractivity contribution in [2.24, 2.45) is 4.99 Å². The third-order valence-electron chi connectivity index (χ3n) is 8.26. The number of aryl methyl sites for hydroxylation is 1. The molecule has 0 saturated carbocycles. The van der Waals surface area contributed by atoms with Gasteiger partial charge < -0.3 is 0 Å². The normalized spacial score (nSPS) is 11.6. The van der Waals surface area contributed by atoms with Gasteiger partial charge in [0.25, 0.3) is 0 Å². The second-order valence-corrected chi connectivity index (χ2v) is 11.2. The summed E-state index contributed by atoms with van der Waals surface area (Å²) in [6.07, 6.45) is 0. The molecule has 0 bridgehead atoms. The molecule has 0 aliphatic carbocycles. The summed E-state index contributed by atoms with van der Waals surface area (Å²) in [6.45, 7) is 8.87. The number of nitrogens with zero attached hydrogens (tertiary/aromatic N) is 2. The van der Waals surface area contributed by atoms with Crippen molar-refractivity contribution in [3.05, 3.63) is 174 Å². The summed E-state index contributed by atoms with van der Waals surface area (Å²) < 4.78 is 0. The summed E-state index contributed by atoms with van der Waals surface area (Å²) in [5, 5.41) is 3.41. The number of aliphatic imine (C=N–C) groups is 1. The fourth-order valence-electron chi connectivity index (χ4n) is 5.99. The van der Waals surface area contributed by atoms with Crippen molar-refractivity contribution >= 4 is 38.6 Å². The first kappa shape index (κ1) is 27.2. The highest BCUT2D eigenvalue weighted by Crippen LogP contribution is 2.42. The van der Waals surface area contributed by atoms with E-state index in [1.54, 1.807) is 0 Å². The van der Waals surface area contributed by atoms with Gasteiger partial charge in [0, 0.05) is 22.2 Å². The zero-order valence-corrected chi connectivity index (χ0v) is 25.0. The van der Waals surface area contributed by atoms with Crippen LogP contribution in [0.4, 0.5) is 5.69 Å². The molecule has 44 heavy (non-hydrogen) atoms. The van der Waals surface area contributed by atoms with Crippen LogP contribution in [-0.2, 0) is 0 Å². The Morgan fingerprint density at radius 1 is 0.614 bits per heavy atom. The lowest BCUT2D eigenvalue weighted by Gasteiger charge is -2.18. The minimum absolute atomic E-state index is 0.827. The minimum atomic E-state index is 0.827. The molecule has 0 saturated heterocycles. The molecule has 7 aromatic rings. The van der Waals surface area contributed by atoms with Gasteiger partial charge in [-0.25, -0.2) is 4.98 Å². The van der Waals surface area contributed by atoms with Gasteiger partial charge in [0.05, 0.1) is 16.9 Å². The number of hydrogen-bond donors (Lipinski definition) is 0. The average Bonchev–Trinajstić information content (AvgIpc) is 3.08. The van der Waals surface area contributed by atoms with E-state index in [9.17, 15) is 0 Å². The van der Waals surface area contributed by atoms with Gasteiger partial charge in [-0.3, -0.25) is 4.99 Å². The predicted octanol–water partition coefficient (Wildman–Crippen LogP) is 11.2. The van der Waals surface area contributed by atoms with Crippen molar-refractivity contribution in [2.45, 2.75) is 13.8 Å². The van der Waals surface area contributed by atoms with E-state index in [4.69, 9.17) is 9.98 Å². The Morgan fingerprint density at radius 3 is 2.09 bits per heavy atom. The molecule has 1 aromatic heterocycles. The Kier molecular flexibility index (Phi) is 7.17. The van der Waals surface area contributed by atoms with E-state index in [0.29, 0.717) is 0 Å². The van der Waals surface area contributed by atoms with Gasteiger partial charge >= 0.3 is 0 Å². The molecule has 0 fully saturated rings. The van der Waals surface area contributed by atoms with Gasteiger partial charge in [0.1, 0.15) is 0 Å². The van der Waals surface area contributed by atoms with E-state index >= 15 is 0 Å². The van der Waals surface area contributed by atoms with E-state index in [-0.39, 0.29) is 0 Å². The average molecular weight is 565 g/mol. The number of fused-ring (bicyclic) bond motifs is 2. The first-order valence-corrected chi connectivity index (χ1v) is 15.0. The van der Waals surface area contributed by atoms with Crippen molar-refractivity contribution < 1.29 is 0 Å². The Morgan fingerprint density at radius 2 is 1.30 bits per heavy atom. The second-order valence-electron chi connectivity index (χ2n) is 11.2. The van der Waals surface area contributed by atoms with Crippen LogP contribution in [0.2, 0.25) is 0 Å². The Hall–Kier alpha value is -5.60. The summed E-state index contributed by atoms with van der Waals surface area (Å²) in [4.78, 5) is 10.7. The fraction of sp³-hybridized carbons (Fsp3) is 0.0476. The van der Waals surface area contributed by atoms with Gasteiger partial charge in [-0.2, -0.15) is 0 Å². The van der Waals surface area contributed by atoms with Crippen molar-refractivity contribution in [3.8, 4) is 22.4 Å². The quantitative estimate of drug-likeness (QED) is 0.184. The topological polar surface area (TPSA) is 25.2 Å². The molecule has 0 aliphatic rings. The minimum Gasteiger partial charge on any atom is -0.250 e. The molecule has 6 aromatic carbocycles. The number of rotatable bonds is 6. The van der Waals surface area contributed by atoms with E-state index in [2.05, 4.69) is 154 Å². The highest BCUT2D eigenvalue weighted by atomic mass is 14.8. The lowest BCUT2D eigenvalue weighted by molar-refractivity contribution is 1.36. The van der Waals surface area contributed by atoms with E-state index < -0.39 is 0 Å². The Balaban J connectivity index is 1.56. The molecule has 0 atom stereocenters. The highest BCUT2D eigenvalue weighted by Gasteiger charge is 2.19. The Bertz CT molecular complexity index is 2190. The first-order valence-electron chi connectivity index (χ1n) is 15.0. The van der Waals surface area contributed by atoms with Gasteiger partial charge in [-0.1, -0.05) is 152 Å². The predicted molar refractivity (Wildman–Crippen MR) is 188 cm³/mol. The molecule has 0 unspecified atom stereocenters. The molecule has 0 radical (unpaired) electrons. The van der Waals surface area contributed by atoms with Crippen LogP contribution in [0.25, 0.3) is 49.6 Å². The standard InChI is InChI=1S/C42H32N2/c1-28-14-12-21-34(26-28)39-27-40(33-18-8-5-9-19-33)44-42-38(39)25-24-36(41(42)43-30(3)31-15-6-4-7-16-31)29(2)35-23-13-20-32-17-10-11-22-37(32)35/h4-27H,2H2,1,3H3/b43-30+. The first-order chi connectivity index (χ1) is 21.6. The summed E-state index contributed by atoms with van der Waals surface area (Å²) in [7, 11) is 0. The molecule has 210 valence electrons. The smallest absolute Gasteiger partial charge is 0.0978 e. The lowest BCUT2D eigenvalue weighted by Crippen LogP contribution is -1.98. The summed E-state index contributed by atoms with van der Waals surface area (Å²) in [5.41, 5.74) is 12.2. The van der Waals surface area contributed by atoms with Crippen LogP contribution in [0.1, 0.15) is 29.2 Å². The van der Waals surface area contributed by atoms with Crippen LogP contribution in [0.15, 0.2) is 157 Å². The maximum absolute atomic E-state index is 5.36. The molecule has 0 amide bonds. The monoisotopic (exact) mass is 564 g/mol. The number of pyridine rings is 1. The zero-order chi connectivity index (χ0) is 30.0. The molecule has 0 N–H and O–H groups in total. The van der Waals surface area contributed by atoms with Crippen LogP contribution in [0.5, 0.6) is 0 Å². The third kappa shape index (κ3) is 5.12. The third-order valence-corrected chi connectivity index (χ3v) is 8.26. The molecular weight excluding hydrogens is 532 g/mol. The van der Waals surface area contributed by atoms with Crippen molar-refractivity contribution in [3.63, 3.8) is 0 Å². The molecule has 0 spiro atoms.